The molecular weight excluding hydrogens is 288 g/mol. The number of hydrogen-bond donors (Lipinski definition) is 1. The first-order valence-electron chi connectivity index (χ1n) is 8.08. The highest BCUT2D eigenvalue weighted by Crippen LogP contribution is 2.45. The van der Waals surface area contributed by atoms with E-state index in [9.17, 15) is 9.90 Å². The number of ether oxygens (including phenoxy) is 1. The van der Waals surface area contributed by atoms with Gasteiger partial charge in [0.15, 0.2) is 0 Å². The van der Waals surface area contributed by atoms with Crippen LogP contribution in [0.25, 0.3) is 0 Å². The summed E-state index contributed by atoms with van der Waals surface area (Å²) < 4.78 is 5.27. The first-order chi connectivity index (χ1) is 11.2. The number of carbonyl (C=O) groups is 1. The van der Waals surface area contributed by atoms with Crippen molar-refractivity contribution in [2.24, 2.45) is 0 Å². The summed E-state index contributed by atoms with van der Waals surface area (Å²) in [6.07, 6.45) is 3.12. The lowest BCUT2D eigenvalue weighted by Gasteiger charge is -2.37. The molecule has 0 aromatic heterocycles. The van der Waals surface area contributed by atoms with Gasteiger partial charge in [0.05, 0.1) is 12.5 Å². The highest BCUT2D eigenvalue weighted by atomic mass is 16.5. The van der Waals surface area contributed by atoms with E-state index in [1.807, 2.05) is 30.3 Å². The molecule has 0 unspecified atom stereocenters. The molecule has 1 fully saturated rings. The van der Waals surface area contributed by atoms with E-state index < -0.39 is 11.4 Å². The fraction of sp³-hybridized carbons (Fsp3) is 0.350. The molecule has 0 heterocycles. The predicted octanol–water partition coefficient (Wildman–Crippen LogP) is 4.38. The zero-order valence-corrected chi connectivity index (χ0v) is 13.4. The molecule has 23 heavy (non-hydrogen) atoms. The minimum atomic E-state index is -0.792. The van der Waals surface area contributed by atoms with Crippen LogP contribution in [0.4, 0.5) is 0 Å². The third-order valence-corrected chi connectivity index (χ3v) is 5.14. The maximum atomic E-state index is 12.1. The molecule has 1 aliphatic carbocycles. The second-order valence-electron chi connectivity index (χ2n) is 6.30. The second kappa shape index (κ2) is 6.45. The molecule has 0 spiro atoms. The van der Waals surface area contributed by atoms with E-state index >= 15 is 0 Å². The molecule has 1 aliphatic rings. The first kappa shape index (κ1) is 15.6. The number of hydrogen-bond acceptors (Lipinski definition) is 2. The van der Waals surface area contributed by atoms with Gasteiger partial charge in [0, 0.05) is 0 Å². The summed E-state index contributed by atoms with van der Waals surface area (Å²) >= 11 is 0. The van der Waals surface area contributed by atoms with E-state index in [1.54, 1.807) is 7.11 Å². The molecule has 3 nitrogen and oxygen atoms in total. The van der Waals surface area contributed by atoms with Crippen molar-refractivity contribution in [3.63, 3.8) is 0 Å². The molecule has 2 aromatic carbocycles. The lowest BCUT2D eigenvalue weighted by Crippen LogP contribution is -2.39. The summed E-state index contributed by atoms with van der Waals surface area (Å²) in [5.41, 5.74) is 1.38. The topological polar surface area (TPSA) is 46.5 Å². The van der Waals surface area contributed by atoms with Crippen molar-refractivity contribution in [2.75, 3.05) is 7.11 Å². The van der Waals surface area contributed by atoms with Gasteiger partial charge < -0.3 is 9.84 Å². The standard InChI is InChI=1S/C20H22O3/c1-23-18-9-5-8-17(14-18)20(19(21)22)12-10-16(11-13-20)15-6-3-2-4-7-15/h2-9,14,16H,10-13H2,1H3,(H,21,22). The number of benzene rings is 2. The number of carboxylic acids is 1. The molecule has 0 bridgehead atoms. The Morgan fingerprint density at radius 2 is 1.78 bits per heavy atom. The Hall–Kier alpha value is -2.29. The lowest BCUT2D eigenvalue weighted by atomic mass is 9.65. The molecule has 1 saturated carbocycles. The molecule has 3 rings (SSSR count). The van der Waals surface area contributed by atoms with Gasteiger partial charge in [-0.15, -0.1) is 0 Å². The molecule has 0 amide bonds. The Labute approximate surface area is 136 Å². The summed E-state index contributed by atoms with van der Waals surface area (Å²) in [5, 5.41) is 9.92. The molecule has 0 atom stereocenters. The second-order valence-corrected chi connectivity index (χ2v) is 6.30. The van der Waals surface area contributed by atoms with Crippen LogP contribution in [-0.4, -0.2) is 18.2 Å². The molecule has 3 heteroatoms. The van der Waals surface area contributed by atoms with Crippen LogP contribution in [-0.2, 0) is 10.2 Å². The van der Waals surface area contributed by atoms with E-state index in [1.165, 1.54) is 5.56 Å². The van der Waals surface area contributed by atoms with Crippen LogP contribution in [0.2, 0.25) is 0 Å². The molecule has 0 aliphatic heterocycles. The van der Waals surface area contributed by atoms with Gasteiger partial charge in [0.2, 0.25) is 0 Å². The lowest BCUT2D eigenvalue weighted by molar-refractivity contribution is -0.145. The molecule has 2 aromatic rings. The average Bonchev–Trinajstić information content (AvgIpc) is 2.62. The van der Waals surface area contributed by atoms with Crippen LogP contribution < -0.4 is 4.74 Å². The van der Waals surface area contributed by atoms with Crippen molar-refractivity contribution >= 4 is 5.97 Å². The minimum absolute atomic E-state index is 0.453. The third-order valence-electron chi connectivity index (χ3n) is 5.14. The Morgan fingerprint density at radius 3 is 2.39 bits per heavy atom. The van der Waals surface area contributed by atoms with E-state index in [0.717, 1.165) is 18.4 Å². The third kappa shape index (κ3) is 2.96. The Balaban J connectivity index is 1.86. The largest absolute Gasteiger partial charge is 0.497 e. The molecule has 0 radical (unpaired) electrons. The van der Waals surface area contributed by atoms with E-state index in [4.69, 9.17) is 4.74 Å². The van der Waals surface area contributed by atoms with E-state index in [2.05, 4.69) is 24.3 Å². The van der Waals surface area contributed by atoms with Gasteiger partial charge in [-0.1, -0.05) is 42.5 Å². The van der Waals surface area contributed by atoms with Gasteiger partial charge in [0.25, 0.3) is 0 Å². The maximum Gasteiger partial charge on any atom is 0.314 e. The zero-order valence-electron chi connectivity index (χ0n) is 13.4. The number of aliphatic carboxylic acids is 1. The van der Waals surface area contributed by atoms with Crippen molar-refractivity contribution < 1.29 is 14.6 Å². The maximum absolute atomic E-state index is 12.1. The van der Waals surface area contributed by atoms with Crippen molar-refractivity contribution in [3.05, 3.63) is 65.7 Å². The minimum Gasteiger partial charge on any atom is -0.497 e. The quantitative estimate of drug-likeness (QED) is 0.912. The van der Waals surface area contributed by atoms with Gasteiger partial charge in [-0.25, -0.2) is 0 Å². The smallest absolute Gasteiger partial charge is 0.314 e. The summed E-state index contributed by atoms with van der Waals surface area (Å²) in [4.78, 5) is 12.1. The van der Waals surface area contributed by atoms with E-state index in [-0.39, 0.29) is 0 Å². The Kier molecular flexibility index (Phi) is 4.37. The van der Waals surface area contributed by atoms with Crippen molar-refractivity contribution in [1.29, 1.82) is 0 Å². The summed E-state index contributed by atoms with van der Waals surface area (Å²) in [6, 6.07) is 17.9. The van der Waals surface area contributed by atoms with Crippen molar-refractivity contribution in [1.82, 2.24) is 0 Å². The van der Waals surface area contributed by atoms with Gasteiger partial charge in [-0.3, -0.25) is 4.79 Å². The SMILES string of the molecule is COc1cccc(C2(C(=O)O)CCC(c3ccccc3)CC2)c1. The molecule has 0 saturated heterocycles. The van der Waals surface area contributed by atoms with Crippen LogP contribution in [0.1, 0.15) is 42.7 Å². The number of methoxy groups -OCH3 is 1. The van der Waals surface area contributed by atoms with Gasteiger partial charge >= 0.3 is 5.97 Å². The van der Waals surface area contributed by atoms with Crippen LogP contribution in [0.15, 0.2) is 54.6 Å². The van der Waals surface area contributed by atoms with Crippen molar-refractivity contribution in [2.45, 2.75) is 37.0 Å². The van der Waals surface area contributed by atoms with Crippen LogP contribution in [0.5, 0.6) is 5.75 Å². The highest BCUT2D eigenvalue weighted by molar-refractivity contribution is 5.81. The Morgan fingerprint density at radius 1 is 1.09 bits per heavy atom. The highest BCUT2D eigenvalue weighted by Gasteiger charge is 2.43. The molecular formula is C20H22O3. The van der Waals surface area contributed by atoms with Gasteiger partial charge in [0.1, 0.15) is 5.75 Å². The van der Waals surface area contributed by atoms with Crippen LogP contribution >= 0.6 is 0 Å². The monoisotopic (exact) mass is 310 g/mol. The first-order valence-corrected chi connectivity index (χ1v) is 8.08. The van der Waals surface area contributed by atoms with Gasteiger partial charge in [-0.2, -0.15) is 0 Å². The molecule has 120 valence electrons. The van der Waals surface area contributed by atoms with Crippen LogP contribution in [0.3, 0.4) is 0 Å². The Bertz CT molecular complexity index is 670. The van der Waals surface area contributed by atoms with Crippen LogP contribution in [0, 0.1) is 0 Å². The molecule has 1 N–H and O–H groups in total. The summed E-state index contributed by atoms with van der Waals surface area (Å²) in [6.45, 7) is 0. The average molecular weight is 310 g/mol. The zero-order chi connectivity index (χ0) is 16.3. The summed E-state index contributed by atoms with van der Waals surface area (Å²) in [7, 11) is 1.61. The van der Waals surface area contributed by atoms with E-state index in [0.29, 0.717) is 24.5 Å². The fourth-order valence-electron chi connectivity index (χ4n) is 3.72. The van der Waals surface area contributed by atoms with Crippen molar-refractivity contribution in [3.8, 4) is 5.75 Å². The summed E-state index contributed by atoms with van der Waals surface area (Å²) in [5.74, 6) is 0.444. The predicted molar refractivity (Wildman–Crippen MR) is 90.0 cm³/mol. The fourth-order valence-corrected chi connectivity index (χ4v) is 3.72. The van der Waals surface area contributed by atoms with Gasteiger partial charge in [-0.05, 0) is 54.9 Å². The number of rotatable bonds is 4. The normalized spacial score (nSPS) is 24.1. The number of carboxylic acid groups (broad SMARTS) is 1.